The van der Waals surface area contributed by atoms with Crippen molar-refractivity contribution in [3.63, 3.8) is 0 Å². The fraction of sp³-hybridized carbons (Fsp3) is 0.588. The summed E-state index contributed by atoms with van der Waals surface area (Å²) in [5.41, 5.74) is 2.99. The van der Waals surface area contributed by atoms with Gasteiger partial charge in [0.05, 0.1) is 0 Å². The molecule has 21 heavy (non-hydrogen) atoms. The number of hydrogen-bond donors (Lipinski definition) is 2. The van der Waals surface area contributed by atoms with Gasteiger partial charge in [-0.1, -0.05) is 6.92 Å². The van der Waals surface area contributed by atoms with E-state index >= 15 is 0 Å². The maximum Gasteiger partial charge on any atom is 0.251 e. The second-order valence-corrected chi connectivity index (χ2v) is 6.03. The van der Waals surface area contributed by atoms with E-state index in [1.807, 2.05) is 25.1 Å². The van der Waals surface area contributed by atoms with Crippen LogP contribution in [0.15, 0.2) is 18.2 Å². The Balaban J connectivity index is 1.97. The molecular weight excluding hydrogens is 262 g/mol. The van der Waals surface area contributed by atoms with Gasteiger partial charge in [-0.3, -0.25) is 4.79 Å². The van der Waals surface area contributed by atoms with Gasteiger partial charge in [0.2, 0.25) is 0 Å². The highest BCUT2D eigenvalue weighted by Gasteiger charge is 2.19. The van der Waals surface area contributed by atoms with E-state index in [1.54, 1.807) is 0 Å². The lowest BCUT2D eigenvalue weighted by Gasteiger charge is -2.30. The first-order chi connectivity index (χ1) is 10.1. The Morgan fingerprint density at radius 1 is 1.43 bits per heavy atom. The molecule has 116 valence electrons. The number of carbonyl (C=O) groups excluding carboxylic acids is 1. The average Bonchev–Trinajstić information content (AvgIpc) is 2.46. The monoisotopic (exact) mass is 289 g/mol. The molecule has 1 fully saturated rings. The molecular formula is C17H27N3O. The number of hydrogen-bond acceptors (Lipinski definition) is 3. The number of amides is 1. The molecule has 1 aromatic rings. The molecule has 4 heteroatoms. The average molecular weight is 289 g/mol. The molecule has 1 aliphatic rings. The van der Waals surface area contributed by atoms with Crippen LogP contribution in [-0.2, 0) is 0 Å². The summed E-state index contributed by atoms with van der Waals surface area (Å²) >= 11 is 0. The SMILES string of the molecule is CCCNc1ccc(C(=O)NC2CCCN(C)C2)cc1C. The van der Waals surface area contributed by atoms with E-state index in [9.17, 15) is 4.79 Å². The van der Waals surface area contributed by atoms with E-state index in [4.69, 9.17) is 0 Å². The van der Waals surface area contributed by atoms with Gasteiger partial charge in [-0.2, -0.15) is 0 Å². The Morgan fingerprint density at radius 2 is 2.24 bits per heavy atom. The first-order valence-corrected chi connectivity index (χ1v) is 7.94. The molecule has 1 aromatic carbocycles. The molecule has 0 aromatic heterocycles. The number of carbonyl (C=O) groups is 1. The van der Waals surface area contributed by atoms with Crippen molar-refractivity contribution in [2.75, 3.05) is 32.0 Å². The van der Waals surface area contributed by atoms with Crippen molar-refractivity contribution in [2.24, 2.45) is 0 Å². The van der Waals surface area contributed by atoms with Gasteiger partial charge in [0.1, 0.15) is 0 Å². The molecule has 2 N–H and O–H groups in total. The zero-order chi connectivity index (χ0) is 15.2. The molecule has 4 nitrogen and oxygen atoms in total. The number of piperidine rings is 1. The van der Waals surface area contributed by atoms with Crippen LogP contribution in [0, 0.1) is 6.92 Å². The van der Waals surface area contributed by atoms with E-state index in [-0.39, 0.29) is 11.9 Å². The molecule has 1 saturated heterocycles. The van der Waals surface area contributed by atoms with Crippen LogP contribution < -0.4 is 10.6 Å². The van der Waals surface area contributed by atoms with Crippen LogP contribution in [0.5, 0.6) is 0 Å². The topological polar surface area (TPSA) is 44.4 Å². The Morgan fingerprint density at radius 3 is 2.90 bits per heavy atom. The van der Waals surface area contributed by atoms with Crippen molar-refractivity contribution in [1.29, 1.82) is 0 Å². The third-order valence-electron chi connectivity index (χ3n) is 4.01. The van der Waals surface area contributed by atoms with Crippen molar-refractivity contribution in [2.45, 2.75) is 39.2 Å². The molecule has 1 aliphatic heterocycles. The summed E-state index contributed by atoms with van der Waals surface area (Å²) in [5.74, 6) is 0.0421. The number of aryl methyl sites for hydroxylation is 1. The van der Waals surface area contributed by atoms with Gasteiger partial charge in [-0.05, 0) is 63.5 Å². The molecule has 0 saturated carbocycles. The molecule has 0 spiro atoms. The van der Waals surface area contributed by atoms with Crippen molar-refractivity contribution in [1.82, 2.24) is 10.2 Å². The zero-order valence-corrected chi connectivity index (χ0v) is 13.4. The van der Waals surface area contributed by atoms with Gasteiger partial charge in [-0.25, -0.2) is 0 Å². The minimum absolute atomic E-state index is 0.0421. The Bertz CT molecular complexity index is 487. The molecule has 0 aliphatic carbocycles. The van der Waals surface area contributed by atoms with Gasteiger partial charge in [0.15, 0.2) is 0 Å². The fourth-order valence-corrected chi connectivity index (χ4v) is 2.82. The number of nitrogens with zero attached hydrogens (tertiary/aromatic N) is 1. The molecule has 0 bridgehead atoms. The van der Waals surface area contributed by atoms with Crippen molar-refractivity contribution in [3.8, 4) is 0 Å². The van der Waals surface area contributed by atoms with Gasteiger partial charge in [-0.15, -0.1) is 0 Å². The van der Waals surface area contributed by atoms with Crippen LogP contribution in [0.1, 0.15) is 42.1 Å². The number of likely N-dealkylation sites (tertiary alicyclic amines) is 1. The highest BCUT2D eigenvalue weighted by atomic mass is 16.1. The number of rotatable bonds is 5. The summed E-state index contributed by atoms with van der Waals surface area (Å²) < 4.78 is 0. The number of benzene rings is 1. The second kappa shape index (κ2) is 7.46. The summed E-state index contributed by atoms with van der Waals surface area (Å²) in [7, 11) is 2.11. The summed E-state index contributed by atoms with van der Waals surface area (Å²) in [6.07, 6.45) is 3.32. The van der Waals surface area contributed by atoms with Crippen LogP contribution in [0.25, 0.3) is 0 Å². The van der Waals surface area contributed by atoms with Gasteiger partial charge in [0, 0.05) is 30.4 Å². The largest absolute Gasteiger partial charge is 0.385 e. The summed E-state index contributed by atoms with van der Waals surface area (Å²) in [4.78, 5) is 14.6. The highest BCUT2D eigenvalue weighted by molar-refractivity contribution is 5.95. The van der Waals surface area contributed by atoms with Crippen LogP contribution >= 0.6 is 0 Å². The van der Waals surface area contributed by atoms with E-state index < -0.39 is 0 Å². The van der Waals surface area contributed by atoms with E-state index in [2.05, 4.69) is 29.5 Å². The maximum absolute atomic E-state index is 12.3. The summed E-state index contributed by atoms with van der Waals surface area (Å²) in [6, 6.07) is 6.16. The third kappa shape index (κ3) is 4.46. The highest BCUT2D eigenvalue weighted by Crippen LogP contribution is 2.17. The second-order valence-electron chi connectivity index (χ2n) is 6.03. The van der Waals surface area contributed by atoms with Gasteiger partial charge >= 0.3 is 0 Å². The van der Waals surface area contributed by atoms with Crippen LogP contribution in [0.2, 0.25) is 0 Å². The van der Waals surface area contributed by atoms with E-state index in [0.29, 0.717) is 0 Å². The standard InChI is InChI=1S/C17H27N3O/c1-4-9-18-16-8-7-14(11-13(16)2)17(21)19-15-6-5-10-20(3)12-15/h7-8,11,15,18H,4-6,9-10,12H2,1-3H3,(H,19,21). The maximum atomic E-state index is 12.3. The molecule has 1 unspecified atom stereocenters. The van der Waals surface area contributed by atoms with Gasteiger partial charge < -0.3 is 15.5 Å². The molecule has 0 radical (unpaired) electrons. The van der Waals surface area contributed by atoms with Crippen molar-refractivity contribution < 1.29 is 4.79 Å². The first-order valence-electron chi connectivity index (χ1n) is 7.94. The summed E-state index contributed by atoms with van der Waals surface area (Å²) in [5, 5.41) is 6.53. The number of likely N-dealkylation sites (N-methyl/N-ethyl adjacent to an activating group) is 1. The van der Waals surface area contributed by atoms with Crippen LogP contribution in [0.3, 0.4) is 0 Å². The number of nitrogens with one attached hydrogen (secondary N) is 2. The summed E-state index contributed by atoms with van der Waals surface area (Å²) in [6.45, 7) is 7.22. The smallest absolute Gasteiger partial charge is 0.251 e. The van der Waals surface area contributed by atoms with E-state index in [0.717, 1.165) is 55.7 Å². The van der Waals surface area contributed by atoms with Crippen LogP contribution in [0.4, 0.5) is 5.69 Å². The van der Waals surface area contributed by atoms with Crippen LogP contribution in [-0.4, -0.2) is 43.5 Å². The predicted octanol–water partition coefficient (Wildman–Crippen LogP) is 2.64. The van der Waals surface area contributed by atoms with Crippen molar-refractivity contribution >= 4 is 11.6 Å². The molecule has 1 heterocycles. The Kier molecular flexibility index (Phi) is 5.62. The molecule has 2 rings (SSSR count). The predicted molar refractivity (Wildman–Crippen MR) is 87.9 cm³/mol. The third-order valence-corrected chi connectivity index (χ3v) is 4.01. The normalized spacial score (nSPS) is 19.3. The molecule has 1 atom stereocenters. The lowest BCUT2D eigenvalue weighted by molar-refractivity contribution is 0.0912. The quantitative estimate of drug-likeness (QED) is 0.876. The lowest BCUT2D eigenvalue weighted by Crippen LogP contribution is -2.46. The minimum atomic E-state index is 0.0421. The lowest BCUT2D eigenvalue weighted by atomic mass is 10.0. The van der Waals surface area contributed by atoms with Crippen molar-refractivity contribution in [3.05, 3.63) is 29.3 Å². The minimum Gasteiger partial charge on any atom is -0.385 e. The molecule has 1 amide bonds. The Labute approximate surface area is 127 Å². The number of anilines is 1. The first kappa shape index (κ1) is 15.8. The Hall–Kier alpha value is -1.55. The van der Waals surface area contributed by atoms with E-state index in [1.165, 1.54) is 0 Å². The zero-order valence-electron chi connectivity index (χ0n) is 13.4. The fourth-order valence-electron chi connectivity index (χ4n) is 2.82. The van der Waals surface area contributed by atoms with Gasteiger partial charge in [0.25, 0.3) is 5.91 Å².